The molecule has 0 spiro atoms. The van der Waals surface area contributed by atoms with Gasteiger partial charge in [0, 0.05) is 23.2 Å². The molecule has 0 aromatic heterocycles. The Balaban J connectivity index is 3.06. The Labute approximate surface area is 113 Å². The smallest absolute Gasteiger partial charge is 0.363 e. The van der Waals surface area contributed by atoms with Crippen molar-refractivity contribution in [2.75, 3.05) is 25.0 Å². The van der Waals surface area contributed by atoms with Gasteiger partial charge in [-0.1, -0.05) is 22.0 Å². The first kappa shape index (κ1) is 15.3. The summed E-state index contributed by atoms with van der Waals surface area (Å²) in [5, 5.41) is 2.96. The highest BCUT2D eigenvalue weighted by Crippen LogP contribution is 2.28. The van der Waals surface area contributed by atoms with Gasteiger partial charge in [-0.15, -0.1) is 0 Å². The molecule has 0 fully saturated rings. The standard InChI is InChI=1S/C12H16BrF3N2/c1-3-18(8-12(14,15)16)11-6-10(13)5-4-9(11)7-17-2/h4-6,17H,3,7-8H2,1-2H3. The predicted octanol–water partition coefficient (Wildman–Crippen LogP) is 3.56. The molecule has 0 atom stereocenters. The highest BCUT2D eigenvalue weighted by Gasteiger charge is 2.31. The van der Waals surface area contributed by atoms with Crippen LogP contribution in [0.25, 0.3) is 0 Å². The van der Waals surface area contributed by atoms with E-state index < -0.39 is 12.7 Å². The van der Waals surface area contributed by atoms with Gasteiger partial charge in [0.2, 0.25) is 0 Å². The summed E-state index contributed by atoms with van der Waals surface area (Å²) >= 11 is 3.30. The summed E-state index contributed by atoms with van der Waals surface area (Å²) in [7, 11) is 1.77. The van der Waals surface area contributed by atoms with Crippen molar-refractivity contribution < 1.29 is 13.2 Å². The molecule has 1 N–H and O–H groups in total. The van der Waals surface area contributed by atoms with Crippen LogP contribution in [0.3, 0.4) is 0 Å². The van der Waals surface area contributed by atoms with Gasteiger partial charge in [-0.2, -0.15) is 13.2 Å². The predicted molar refractivity (Wildman–Crippen MR) is 70.8 cm³/mol. The van der Waals surface area contributed by atoms with E-state index in [2.05, 4.69) is 21.2 Å². The average molecular weight is 325 g/mol. The molecular formula is C12H16BrF3N2. The first-order chi connectivity index (χ1) is 8.37. The molecule has 0 bridgehead atoms. The average Bonchev–Trinajstić information content (AvgIpc) is 2.27. The van der Waals surface area contributed by atoms with E-state index in [9.17, 15) is 13.2 Å². The lowest BCUT2D eigenvalue weighted by atomic mass is 10.1. The van der Waals surface area contributed by atoms with Crippen LogP contribution in [0.15, 0.2) is 22.7 Å². The fourth-order valence-electron chi connectivity index (χ4n) is 1.76. The topological polar surface area (TPSA) is 15.3 Å². The molecule has 6 heteroatoms. The van der Waals surface area contributed by atoms with Gasteiger partial charge in [-0.25, -0.2) is 0 Å². The Morgan fingerprint density at radius 1 is 1.33 bits per heavy atom. The Morgan fingerprint density at radius 2 is 2.00 bits per heavy atom. The number of benzene rings is 1. The highest BCUT2D eigenvalue weighted by atomic mass is 79.9. The molecule has 0 saturated carbocycles. The maximum absolute atomic E-state index is 12.5. The van der Waals surface area contributed by atoms with Crippen molar-refractivity contribution in [1.82, 2.24) is 5.32 Å². The number of anilines is 1. The monoisotopic (exact) mass is 324 g/mol. The van der Waals surface area contributed by atoms with Crippen molar-refractivity contribution in [2.45, 2.75) is 19.6 Å². The third-order valence-corrected chi connectivity index (χ3v) is 3.00. The van der Waals surface area contributed by atoms with Crippen LogP contribution < -0.4 is 10.2 Å². The van der Waals surface area contributed by atoms with Gasteiger partial charge in [-0.05, 0) is 31.7 Å². The van der Waals surface area contributed by atoms with Crippen molar-refractivity contribution in [2.24, 2.45) is 0 Å². The summed E-state index contributed by atoms with van der Waals surface area (Å²) in [5.41, 5.74) is 1.46. The molecule has 1 aromatic rings. The molecule has 0 aliphatic carbocycles. The Bertz CT molecular complexity index is 393. The van der Waals surface area contributed by atoms with Crippen molar-refractivity contribution >= 4 is 21.6 Å². The third-order valence-electron chi connectivity index (χ3n) is 2.51. The number of halogens is 4. The Kier molecular flexibility index (Phi) is 5.47. The molecule has 102 valence electrons. The molecule has 1 aromatic carbocycles. The normalized spacial score (nSPS) is 11.7. The minimum absolute atomic E-state index is 0.312. The Hall–Kier alpha value is -0.750. The zero-order valence-corrected chi connectivity index (χ0v) is 11.9. The molecule has 0 heterocycles. The van der Waals surface area contributed by atoms with Crippen molar-refractivity contribution in [3.63, 3.8) is 0 Å². The molecule has 18 heavy (non-hydrogen) atoms. The van der Waals surface area contributed by atoms with Gasteiger partial charge < -0.3 is 10.2 Å². The zero-order valence-electron chi connectivity index (χ0n) is 10.3. The van der Waals surface area contributed by atoms with E-state index in [-0.39, 0.29) is 0 Å². The summed E-state index contributed by atoms with van der Waals surface area (Å²) in [6.45, 7) is 1.64. The minimum atomic E-state index is -4.20. The maximum atomic E-state index is 12.5. The largest absolute Gasteiger partial charge is 0.405 e. The van der Waals surface area contributed by atoms with E-state index in [4.69, 9.17) is 0 Å². The van der Waals surface area contributed by atoms with Crippen molar-refractivity contribution in [1.29, 1.82) is 0 Å². The molecule has 0 aliphatic rings. The molecule has 0 unspecified atom stereocenters. The quantitative estimate of drug-likeness (QED) is 0.891. The minimum Gasteiger partial charge on any atom is -0.363 e. The summed E-state index contributed by atoms with van der Waals surface area (Å²) in [5.74, 6) is 0. The molecule has 0 radical (unpaired) electrons. The van der Waals surface area contributed by atoms with Gasteiger partial charge in [0.25, 0.3) is 0 Å². The SMILES string of the molecule is CCN(CC(F)(F)F)c1cc(Br)ccc1CNC. The van der Waals surface area contributed by atoms with E-state index in [1.54, 1.807) is 20.0 Å². The molecule has 0 aliphatic heterocycles. The number of nitrogens with one attached hydrogen (secondary N) is 1. The maximum Gasteiger partial charge on any atom is 0.405 e. The molecule has 2 nitrogen and oxygen atoms in total. The lowest BCUT2D eigenvalue weighted by molar-refractivity contribution is -0.119. The van der Waals surface area contributed by atoms with Gasteiger partial charge in [0.1, 0.15) is 6.54 Å². The molecule has 0 amide bonds. The molecular weight excluding hydrogens is 309 g/mol. The van der Waals surface area contributed by atoms with Gasteiger partial charge >= 0.3 is 6.18 Å². The molecule has 0 saturated heterocycles. The van der Waals surface area contributed by atoms with E-state index in [1.165, 1.54) is 4.90 Å². The van der Waals surface area contributed by atoms with Gasteiger partial charge in [0.05, 0.1) is 0 Å². The fourth-order valence-corrected chi connectivity index (χ4v) is 2.10. The lowest BCUT2D eigenvalue weighted by Crippen LogP contribution is -2.35. The highest BCUT2D eigenvalue weighted by molar-refractivity contribution is 9.10. The first-order valence-corrected chi connectivity index (χ1v) is 6.41. The number of nitrogens with zero attached hydrogens (tertiary/aromatic N) is 1. The Morgan fingerprint density at radius 3 is 2.50 bits per heavy atom. The zero-order chi connectivity index (χ0) is 13.8. The van der Waals surface area contributed by atoms with Crippen LogP contribution in [0.5, 0.6) is 0 Å². The molecule has 1 rings (SSSR count). The van der Waals surface area contributed by atoms with Crippen molar-refractivity contribution in [3.05, 3.63) is 28.2 Å². The number of hydrogen-bond acceptors (Lipinski definition) is 2. The van der Waals surface area contributed by atoms with Crippen LogP contribution in [0.2, 0.25) is 0 Å². The summed E-state index contributed by atoms with van der Waals surface area (Å²) < 4.78 is 38.4. The number of alkyl halides is 3. The van der Waals surface area contributed by atoms with Gasteiger partial charge in [0.15, 0.2) is 0 Å². The van der Waals surface area contributed by atoms with Crippen LogP contribution in [0.1, 0.15) is 12.5 Å². The second-order valence-electron chi connectivity index (χ2n) is 3.93. The second kappa shape index (κ2) is 6.43. The van der Waals surface area contributed by atoms with Crippen LogP contribution in [-0.4, -0.2) is 26.3 Å². The van der Waals surface area contributed by atoms with E-state index in [0.29, 0.717) is 18.8 Å². The summed E-state index contributed by atoms with van der Waals surface area (Å²) in [6.07, 6.45) is -4.20. The van der Waals surface area contributed by atoms with E-state index in [0.717, 1.165) is 10.0 Å². The number of rotatable bonds is 5. The third kappa shape index (κ3) is 4.49. The second-order valence-corrected chi connectivity index (χ2v) is 4.85. The fraction of sp³-hybridized carbons (Fsp3) is 0.500. The summed E-state index contributed by atoms with van der Waals surface area (Å²) in [6, 6.07) is 5.38. The first-order valence-electron chi connectivity index (χ1n) is 5.62. The van der Waals surface area contributed by atoms with Crippen LogP contribution in [-0.2, 0) is 6.54 Å². The van der Waals surface area contributed by atoms with Crippen LogP contribution in [0.4, 0.5) is 18.9 Å². The van der Waals surface area contributed by atoms with E-state index >= 15 is 0 Å². The van der Waals surface area contributed by atoms with Crippen molar-refractivity contribution in [3.8, 4) is 0 Å². The number of hydrogen-bond donors (Lipinski definition) is 1. The summed E-state index contributed by atoms with van der Waals surface area (Å²) in [4.78, 5) is 1.33. The van der Waals surface area contributed by atoms with Gasteiger partial charge in [-0.3, -0.25) is 0 Å². The lowest BCUT2D eigenvalue weighted by Gasteiger charge is -2.27. The van der Waals surface area contributed by atoms with Crippen LogP contribution in [0, 0.1) is 0 Å². The van der Waals surface area contributed by atoms with E-state index in [1.807, 2.05) is 12.1 Å². The van der Waals surface area contributed by atoms with Crippen LogP contribution >= 0.6 is 15.9 Å².